The Morgan fingerprint density at radius 3 is 2.45 bits per heavy atom. The number of nitrogens with two attached hydrogens (primary N) is 1. The molecule has 1 aromatic carbocycles. The number of carbonyl (C=O) groups is 1. The van der Waals surface area contributed by atoms with E-state index in [0.717, 1.165) is 11.1 Å². The van der Waals surface area contributed by atoms with Gasteiger partial charge in [0, 0.05) is 25.0 Å². The largest absolute Gasteiger partial charge is 0.369 e. The van der Waals surface area contributed by atoms with Crippen molar-refractivity contribution >= 4 is 11.9 Å². The van der Waals surface area contributed by atoms with Gasteiger partial charge in [-0.05, 0) is 29.3 Å². The molecular formula is C20H16F2N6O. The van der Waals surface area contributed by atoms with Gasteiger partial charge in [-0.3, -0.25) is 9.69 Å². The number of alkyl halides is 2. The molecule has 2 N–H and O–H groups in total. The zero-order valence-corrected chi connectivity index (χ0v) is 15.3. The van der Waals surface area contributed by atoms with E-state index in [4.69, 9.17) is 5.73 Å². The summed E-state index contributed by atoms with van der Waals surface area (Å²) in [5, 5.41) is 0. The molecular weight excluding hydrogens is 378 g/mol. The van der Waals surface area contributed by atoms with Crippen LogP contribution in [0.25, 0.3) is 11.1 Å². The summed E-state index contributed by atoms with van der Waals surface area (Å²) < 4.78 is 26.5. The molecule has 3 heterocycles. The fourth-order valence-electron chi connectivity index (χ4n) is 3.29. The quantitative estimate of drug-likeness (QED) is 0.733. The van der Waals surface area contributed by atoms with E-state index < -0.39 is 23.6 Å². The van der Waals surface area contributed by atoms with E-state index in [2.05, 4.69) is 19.9 Å². The Kier molecular flexibility index (Phi) is 4.50. The van der Waals surface area contributed by atoms with Crippen LogP contribution < -0.4 is 5.73 Å². The van der Waals surface area contributed by atoms with Gasteiger partial charge in [0.1, 0.15) is 12.0 Å². The van der Waals surface area contributed by atoms with E-state index in [0.29, 0.717) is 5.56 Å². The van der Waals surface area contributed by atoms with Crippen molar-refractivity contribution < 1.29 is 13.6 Å². The first-order valence-corrected chi connectivity index (χ1v) is 8.68. The highest BCUT2D eigenvalue weighted by atomic mass is 19.3. The lowest BCUT2D eigenvalue weighted by atomic mass is 9.84. The summed E-state index contributed by atoms with van der Waals surface area (Å²) in [6.45, 7) is 0. The Balaban J connectivity index is 1.95. The minimum Gasteiger partial charge on any atom is -0.369 e. The summed E-state index contributed by atoms with van der Waals surface area (Å²) in [6, 6.07) is 11.1. The maximum Gasteiger partial charge on any atom is 0.280 e. The van der Waals surface area contributed by atoms with E-state index in [1.165, 1.54) is 36.5 Å². The zero-order valence-electron chi connectivity index (χ0n) is 15.3. The molecule has 0 fully saturated rings. The van der Waals surface area contributed by atoms with Crippen molar-refractivity contribution in [1.82, 2.24) is 19.9 Å². The van der Waals surface area contributed by atoms with Crippen LogP contribution >= 0.6 is 0 Å². The molecule has 0 bridgehead atoms. The van der Waals surface area contributed by atoms with Crippen molar-refractivity contribution in [2.75, 3.05) is 7.05 Å². The highest BCUT2D eigenvalue weighted by Crippen LogP contribution is 2.40. The third-order valence-corrected chi connectivity index (χ3v) is 4.78. The van der Waals surface area contributed by atoms with Crippen molar-refractivity contribution in [3.8, 4) is 11.1 Å². The molecule has 2 aromatic heterocycles. The van der Waals surface area contributed by atoms with Crippen LogP contribution in [0.4, 0.5) is 8.78 Å². The van der Waals surface area contributed by atoms with E-state index in [9.17, 15) is 13.6 Å². The van der Waals surface area contributed by atoms with Gasteiger partial charge >= 0.3 is 0 Å². The van der Waals surface area contributed by atoms with Crippen LogP contribution in [0.15, 0.2) is 66.2 Å². The van der Waals surface area contributed by atoms with Gasteiger partial charge < -0.3 is 5.73 Å². The van der Waals surface area contributed by atoms with Crippen LogP contribution in [0.1, 0.15) is 23.4 Å². The predicted octanol–water partition coefficient (Wildman–Crippen LogP) is 2.51. The van der Waals surface area contributed by atoms with Gasteiger partial charge in [-0.2, -0.15) is 0 Å². The highest BCUT2D eigenvalue weighted by molar-refractivity contribution is 6.08. The summed E-state index contributed by atoms with van der Waals surface area (Å²) in [7, 11) is 1.48. The molecule has 1 atom stereocenters. The first kappa shape index (κ1) is 18.6. The predicted molar refractivity (Wildman–Crippen MR) is 102 cm³/mol. The van der Waals surface area contributed by atoms with Crippen LogP contribution in [-0.4, -0.2) is 38.8 Å². The first-order chi connectivity index (χ1) is 13.9. The molecule has 0 saturated carbocycles. The molecule has 1 aliphatic rings. The summed E-state index contributed by atoms with van der Waals surface area (Å²) in [5.41, 5.74) is 5.83. The Morgan fingerprint density at radius 2 is 1.79 bits per heavy atom. The number of hydrogen-bond donors (Lipinski definition) is 1. The Morgan fingerprint density at radius 1 is 1.07 bits per heavy atom. The van der Waals surface area contributed by atoms with E-state index in [-0.39, 0.29) is 11.7 Å². The number of guanidine groups is 1. The normalized spacial score (nSPS) is 19.0. The van der Waals surface area contributed by atoms with Crippen LogP contribution in [0.5, 0.6) is 0 Å². The molecule has 1 aliphatic heterocycles. The second-order valence-electron chi connectivity index (χ2n) is 6.50. The Hall–Kier alpha value is -3.75. The van der Waals surface area contributed by atoms with E-state index in [1.807, 2.05) is 6.07 Å². The monoisotopic (exact) mass is 394 g/mol. The topological polar surface area (TPSA) is 97.4 Å². The average Bonchev–Trinajstić information content (AvgIpc) is 2.99. The lowest BCUT2D eigenvalue weighted by Gasteiger charge is -2.26. The Labute approximate surface area is 165 Å². The molecule has 1 amide bonds. The summed E-state index contributed by atoms with van der Waals surface area (Å²) in [5.74, 6) is -0.497. The van der Waals surface area contributed by atoms with Gasteiger partial charge in [-0.15, -0.1) is 0 Å². The van der Waals surface area contributed by atoms with Gasteiger partial charge in [0.2, 0.25) is 5.54 Å². The number of benzene rings is 1. The molecule has 7 nitrogen and oxygen atoms in total. The van der Waals surface area contributed by atoms with Crippen LogP contribution in [0.3, 0.4) is 0 Å². The van der Waals surface area contributed by atoms with Gasteiger partial charge in [0.25, 0.3) is 12.3 Å². The molecule has 29 heavy (non-hydrogen) atoms. The molecule has 0 aliphatic carbocycles. The number of aromatic nitrogens is 3. The Bertz CT molecular complexity index is 1100. The highest BCUT2D eigenvalue weighted by Gasteiger charge is 2.51. The number of likely N-dealkylation sites (N-methyl/N-ethyl adjacent to an activating group) is 1. The summed E-state index contributed by atoms with van der Waals surface area (Å²) in [6.07, 6.45) is 1.90. The third-order valence-electron chi connectivity index (χ3n) is 4.78. The second-order valence-corrected chi connectivity index (χ2v) is 6.50. The molecule has 9 heteroatoms. The summed E-state index contributed by atoms with van der Waals surface area (Å²) in [4.78, 5) is 30.9. The van der Waals surface area contributed by atoms with Crippen molar-refractivity contribution in [2.45, 2.75) is 12.0 Å². The molecule has 146 valence electrons. The van der Waals surface area contributed by atoms with Gasteiger partial charge in [0.15, 0.2) is 5.96 Å². The summed E-state index contributed by atoms with van der Waals surface area (Å²) >= 11 is 0. The standard InChI is InChI=1S/C20H16F2N6O/c1-28-18(29)20(27-19(28)23,16-7-3-6-15(26-16)17(21)22)14-5-2-4-12(8-14)13-9-24-11-25-10-13/h2-11,17H,1H3,(H2,23,27). The number of amides is 1. The minimum atomic E-state index is -2.78. The van der Waals surface area contributed by atoms with Crippen molar-refractivity contribution in [1.29, 1.82) is 0 Å². The average molecular weight is 394 g/mol. The van der Waals surface area contributed by atoms with E-state index >= 15 is 0 Å². The van der Waals surface area contributed by atoms with Crippen LogP contribution in [0, 0.1) is 0 Å². The fourth-order valence-corrected chi connectivity index (χ4v) is 3.29. The van der Waals surface area contributed by atoms with Crippen molar-refractivity contribution in [2.24, 2.45) is 10.7 Å². The van der Waals surface area contributed by atoms with Gasteiger partial charge in [0.05, 0.1) is 5.69 Å². The number of halogens is 2. The minimum absolute atomic E-state index is 0.0207. The smallest absolute Gasteiger partial charge is 0.280 e. The van der Waals surface area contributed by atoms with Crippen molar-refractivity contribution in [3.63, 3.8) is 0 Å². The second kappa shape index (κ2) is 7.01. The van der Waals surface area contributed by atoms with Crippen LogP contribution in [0.2, 0.25) is 0 Å². The number of aliphatic imine (C=N–C) groups is 1. The maximum absolute atomic E-state index is 13.3. The first-order valence-electron chi connectivity index (χ1n) is 8.68. The van der Waals surface area contributed by atoms with Crippen LogP contribution in [-0.2, 0) is 10.3 Å². The molecule has 3 aromatic rings. The van der Waals surface area contributed by atoms with Crippen molar-refractivity contribution in [3.05, 3.63) is 78.1 Å². The van der Waals surface area contributed by atoms with Gasteiger partial charge in [-0.1, -0.05) is 24.3 Å². The lowest BCUT2D eigenvalue weighted by molar-refractivity contribution is -0.129. The lowest BCUT2D eigenvalue weighted by Crippen LogP contribution is -2.41. The maximum atomic E-state index is 13.3. The molecule has 0 radical (unpaired) electrons. The number of hydrogen-bond acceptors (Lipinski definition) is 6. The molecule has 0 saturated heterocycles. The molecule has 4 rings (SSSR count). The number of nitrogens with zero attached hydrogens (tertiary/aromatic N) is 5. The SMILES string of the molecule is CN1C(=O)C(c2cccc(-c3cncnc3)c2)(c2cccc(C(F)F)n2)N=C1N. The zero-order chi connectivity index (χ0) is 20.6. The number of carbonyl (C=O) groups excluding carboxylic acids is 1. The number of rotatable bonds is 4. The van der Waals surface area contributed by atoms with Gasteiger partial charge in [-0.25, -0.2) is 28.7 Å². The third kappa shape index (κ3) is 3.00. The fraction of sp³-hybridized carbons (Fsp3) is 0.150. The van der Waals surface area contributed by atoms with E-state index in [1.54, 1.807) is 30.6 Å². The number of pyridine rings is 1. The molecule has 0 spiro atoms. The molecule has 1 unspecified atom stereocenters.